The Balaban J connectivity index is 2.32. The summed E-state index contributed by atoms with van der Waals surface area (Å²) >= 11 is 0. The average Bonchev–Trinajstić information content (AvgIpc) is 2.46. The van der Waals surface area contributed by atoms with E-state index < -0.39 is 0 Å². The molecule has 0 aromatic carbocycles. The minimum Gasteiger partial charge on any atom is -0.396 e. The molecular formula is C14H29NO. The van der Waals surface area contributed by atoms with Gasteiger partial charge in [0.15, 0.2) is 0 Å². The third-order valence-electron chi connectivity index (χ3n) is 4.12. The summed E-state index contributed by atoms with van der Waals surface area (Å²) in [5.74, 6) is 1.43. The molecule has 1 rings (SSSR count). The topological polar surface area (TPSA) is 32.3 Å². The molecule has 1 saturated carbocycles. The van der Waals surface area contributed by atoms with Gasteiger partial charge in [0.05, 0.1) is 0 Å². The lowest BCUT2D eigenvalue weighted by Crippen LogP contribution is -2.35. The predicted molar refractivity (Wildman–Crippen MR) is 69.5 cm³/mol. The third-order valence-corrected chi connectivity index (χ3v) is 4.12. The van der Waals surface area contributed by atoms with Crippen molar-refractivity contribution < 1.29 is 5.11 Å². The van der Waals surface area contributed by atoms with Crippen molar-refractivity contribution in [1.29, 1.82) is 0 Å². The monoisotopic (exact) mass is 227 g/mol. The van der Waals surface area contributed by atoms with Gasteiger partial charge in [0.2, 0.25) is 0 Å². The van der Waals surface area contributed by atoms with Crippen LogP contribution in [0, 0.1) is 17.3 Å². The zero-order chi connectivity index (χ0) is 12.2. The van der Waals surface area contributed by atoms with E-state index in [2.05, 4.69) is 33.0 Å². The molecule has 3 unspecified atom stereocenters. The molecule has 2 nitrogen and oxygen atoms in total. The number of hydrogen-bond acceptors (Lipinski definition) is 2. The minimum absolute atomic E-state index is 0.325. The van der Waals surface area contributed by atoms with Gasteiger partial charge >= 0.3 is 0 Å². The average molecular weight is 227 g/mol. The van der Waals surface area contributed by atoms with Crippen LogP contribution in [0.2, 0.25) is 0 Å². The van der Waals surface area contributed by atoms with E-state index in [0.29, 0.717) is 24.0 Å². The largest absolute Gasteiger partial charge is 0.396 e. The third kappa shape index (κ3) is 4.06. The summed E-state index contributed by atoms with van der Waals surface area (Å²) in [6.07, 6.45) is 4.73. The van der Waals surface area contributed by atoms with Crippen LogP contribution in [0.1, 0.15) is 53.4 Å². The molecular weight excluding hydrogens is 198 g/mol. The second-order valence-corrected chi connectivity index (χ2v) is 6.35. The van der Waals surface area contributed by atoms with Crippen molar-refractivity contribution in [1.82, 2.24) is 5.32 Å². The van der Waals surface area contributed by atoms with Gasteiger partial charge in [0.1, 0.15) is 0 Å². The van der Waals surface area contributed by atoms with E-state index in [1.807, 2.05) is 0 Å². The summed E-state index contributed by atoms with van der Waals surface area (Å²) in [7, 11) is 0. The zero-order valence-electron chi connectivity index (χ0n) is 11.4. The lowest BCUT2D eigenvalue weighted by atomic mass is 9.91. The maximum atomic E-state index is 8.97. The van der Waals surface area contributed by atoms with Crippen molar-refractivity contribution in [3.63, 3.8) is 0 Å². The molecule has 96 valence electrons. The van der Waals surface area contributed by atoms with Crippen LogP contribution in [-0.2, 0) is 0 Å². The van der Waals surface area contributed by atoms with Crippen LogP contribution in [0.15, 0.2) is 0 Å². The first-order chi connectivity index (χ1) is 7.48. The summed E-state index contributed by atoms with van der Waals surface area (Å²) in [6, 6.07) is 0.683. The van der Waals surface area contributed by atoms with E-state index in [-0.39, 0.29) is 0 Å². The Morgan fingerprint density at radius 3 is 2.50 bits per heavy atom. The molecule has 0 heterocycles. The van der Waals surface area contributed by atoms with E-state index in [1.165, 1.54) is 12.8 Å². The summed E-state index contributed by atoms with van der Waals surface area (Å²) < 4.78 is 0. The summed E-state index contributed by atoms with van der Waals surface area (Å²) in [5.41, 5.74) is 0.510. The first kappa shape index (κ1) is 14.0. The highest BCUT2D eigenvalue weighted by atomic mass is 16.3. The van der Waals surface area contributed by atoms with E-state index in [4.69, 9.17) is 5.11 Å². The number of nitrogens with one attached hydrogen (secondary N) is 1. The van der Waals surface area contributed by atoms with Crippen LogP contribution in [0.3, 0.4) is 0 Å². The molecule has 0 radical (unpaired) electrons. The molecule has 0 aromatic rings. The smallest absolute Gasteiger partial charge is 0.0434 e. The number of aliphatic hydroxyl groups excluding tert-OH is 1. The molecule has 2 N–H and O–H groups in total. The first-order valence-corrected chi connectivity index (χ1v) is 6.82. The van der Waals surface area contributed by atoms with Gasteiger partial charge in [-0.25, -0.2) is 0 Å². The van der Waals surface area contributed by atoms with Gasteiger partial charge in [0, 0.05) is 12.6 Å². The molecule has 0 spiro atoms. The number of hydrogen-bond donors (Lipinski definition) is 2. The fourth-order valence-electron chi connectivity index (χ4n) is 3.12. The van der Waals surface area contributed by atoms with Crippen LogP contribution in [0.4, 0.5) is 0 Å². The molecule has 0 aliphatic heterocycles. The minimum atomic E-state index is 0.325. The second kappa shape index (κ2) is 6.02. The molecule has 3 atom stereocenters. The van der Waals surface area contributed by atoms with Gasteiger partial charge in [-0.2, -0.15) is 0 Å². The van der Waals surface area contributed by atoms with Gasteiger partial charge in [-0.3, -0.25) is 0 Å². The molecule has 1 fully saturated rings. The van der Waals surface area contributed by atoms with Gasteiger partial charge < -0.3 is 10.4 Å². The van der Waals surface area contributed by atoms with Gasteiger partial charge in [-0.15, -0.1) is 0 Å². The molecule has 1 aliphatic carbocycles. The maximum Gasteiger partial charge on any atom is 0.0434 e. The van der Waals surface area contributed by atoms with Crippen molar-refractivity contribution in [2.75, 3.05) is 13.2 Å². The Morgan fingerprint density at radius 2 is 2.06 bits per heavy atom. The lowest BCUT2D eigenvalue weighted by molar-refractivity contribution is 0.245. The van der Waals surface area contributed by atoms with Crippen molar-refractivity contribution in [2.24, 2.45) is 17.3 Å². The van der Waals surface area contributed by atoms with Crippen LogP contribution in [-0.4, -0.2) is 24.3 Å². The normalized spacial score (nSPS) is 30.6. The number of rotatable bonds is 6. The first-order valence-electron chi connectivity index (χ1n) is 6.82. The molecule has 0 saturated heterocycles. The Hall–Kier alpha value is -0.0800. The van der Waals surface area contributed by atoms with Crippen molar-refractivity contribution in [3.05, 3.63) is 0 Å². The summed E-state index contributed by atoms with van der Waals surface area (Å²) in [5, 5.41) is 12.7. The Bertz CT molecular complexity index is 203. The van der Waals surface area contributed by atoms with Crippen molar-refractivity contribution in [3.8, 4) is 0 Å². The van der Waals surface area contributed by atoms with Crippen molar-refractivity contribution >= 4 is 0 Å². The van der Waals surface area contributed by atoms with Crippen molar-refractivity contribution in [2.45, 2.75) is 59.4 Å². The van der Waals surface area contributed by atoms with Gasteiger partial charge in [0.25, 0.3) is 0 Å². The highest BCUT2D eigenvalue weighted by Crippen LogP contribution is 2.40. The Kier molecular flexibility index (Phi) is 5.26. The van der Waals surface area contributed by atoms with Crippen LogP contribution >= 0.6 is 0 Å². The van der Waals surface area contributed by atoms with E-state index >= 15 is 0 Å². The standard InChI is InChI=1S/C14H29NO/c1-5-12(6-7-16)10-15-13-9-14(3,4)8-11(13)2/h11-13,15-16H,5-10H2,1-4H3. The SMILES string of the molecule is CCC(CCO)CNC1CC(C)(C)CC1C. The van der Waals surface area contributed by atoms with Crippen LogP contribution < -0.4 is 5.32 Å². The van der Waals surface area contributed by atoms with Crippen LogP contribution in [0.25, 0.3) is 0 Å². The Labute approximate surface area is 101 Å². The van der Waals surface area contributed by atoms with E-state index in [0.717, 1.165) is 25.3 Å². The van der Waals surface area contributed by atoms with Crippen LogP contribution in [0.5, 0.6) is 0 Å². The second-order valence-electron chi connectivity index (χ2n) is 6.35. The van der Waals surface area contributed by atoms with Gasteiger partial charge in [-0.05, 0) is 43.1 Å². The quantitative estimate of drug-likeness (QED) is 0.731. The predicted octanol–water partition coefficient (Wildman–Crippen LogP) is 2.81. The van der Waals surface area contributed by atoms with Gasteiger partial charge in [-0.1, -0.05) is 34.1 Å². The fraction of sp³-hybridized carbons (Fsp3) is 1.00. The molecule has 0 amide bonds. The molecule has 2 heteroatoms. The molecule has 16 heavy (non-hydrogen) atoms. The summed E-state index contributed by atoms with van der Waals surface area (Å²) in [4.78, 5) is 0. The summed E-state index contributed by atoms with van der Waals surface area (Å²) in [6.45, 7) is 10.7. The zero-order valence-corrected chi connectivity index (χ0v) is 11.4. The van der Waals surface area contributed by atoms with E-state index in [9.17, 15) is 0 Å². The highest BCUT2D eigenvalue weighted by Gasteiger charge is 2.36. The highest BCUT2D eigenvalue weighted by molar-refractivity contribution is 4.91. The lowest BCUT2D eigenvalue weighted by Gasteiger charge is -2.22. The Morgan fingerprint density at radius 1 is 1.38 bits per heavy atom. The molecule has 0 aromatic heterocycles. The molecule has 1 aliphatic rings. The molecule has 0 bridgehead atoms. The van der Waals surface area contributed by atoms with E-state index in [1.54, 1.807) is 0 Å². The fourth-order valence-corrected chi connectivity index (χ4v) is 3.12. The number of aliphatic hydroxyl groups is 1. The maximum absolute atomic E-state index is 8.97.